The van der Waals surface area contributed by atoms with E-state index in [0.29, 0.717) is 23.6 Å². The molecule has 7 heteroatoms. The van der Waals surface area contributed by atoms with Crippen LogP contribution in [-0.2, 0) is 16.0 Å². The van der Waals surface area contributed by atoms with Gasteiger partial charge in [-0.2, -0.15) is 0 Å². The molecule has 1 aliphatic rings. The van der Waals surface area contributed by atoms with Crippen LogP contribution in [0.25, 0.3) is 0 Å². The first-order valence-corrected chi connectivity index (χ1v) is 12.6. The first-order valence-electron chi connectivity index (χ1n) is 11.7. The van der Waals surface area contributed by atoms with Crippen molar-refractivity contribution in [2.45, 2.75) is 51.1 Å². The number of benzene rings is 2. The van der Waals surface area contributed by atoms with Crippen molar-refractivity contribution >= 4 is 28.8 Å². The molecule has 0 spiro atoms. The van der Waals surface area contributed by atoms with Gasteiger partial charge in [0.25, 0.3) is 0 Å². The number of nitrogens with one attached hydrogen (secondary N) is 1. The molecule has 1 heterocycles. The van der Waals surface area contributed by atoms with E-state index in [9.17, 15) is 14.0 Å². The van der Waals surface area contributed by atoms with E-state index in [0.717, 1.165) is 30.6 Å². The number of rotatable bonds is 9. The Kier molecular flexibility index (Phi) is 7.95. The van der Waals surface area contributed by atoms with Crippen LogP contribution >= 0.6 is 11.3 Å². The summed E-state index contributed by atoms with van der Waals surface area (Å²) in [7, 11) is 0. The Hall–Kier alpha value is -3.19. The number of halogens is 1. The molecule has 1 unspecified atom stereocenters. The van der Waals surface area contributed by atoms with Crippen LogP contribution < -0.4 is 15.0 Å². The summed E-state index contributed by atoms with van der Waals surface area (Å²) in [4.78, 5) is 29.9. The molecule has 1 fully saturated rings. The van der Waals surface area contributed by atoms with E-state index in [2.05, 4.69) is 5.32 Å². The van der Waals surface area contributed by atoms with Gasteiger partial charge in [0, 0.05) is 22.7 Å². The van der Waals surface area contributed by atoms with Crippen molar-refractivity contribution in [1.82, 2.24) is 5.32 Å². The van der Waals surface area contributed by atoms with Gasteiger partial charge in [-0.3, -0.25) is 14.5 Å². The van der Waals surface area contributed by atoms with Crippen molar-refractivity contribution in [3.63, 3.8) is 0 Å². The minimum absolute atomic E-state index is 0.0828. The molecule has 4 rings (SSSR count). The summed E-state index contributed by atoms with van der Waals surface area (Å²) >= 11 is 1.50. The molecule has 1 saturated carbocycles. The largest absolute Gasteiger partial charge is 0.494 e. The lowest BCUT2D eigenvalue weighted by atomic mass is 10.0. The summed E-state index contributed by atoms with van der Waals surface area (Å²) in [6, 6.07) is 15.9. The minimum atomic E-state index is -0.939. The van der Waals surface area contributed by atoms with Crippen LogP contribution in [0.5, 0.6) is 5.75 Å². The predicted octanol–water partition coefficient (Wildman–Crippen LogP) is 5.66. The monoisotopic (exact) mass is 480 g/mol. The maximum atomic E-state index is 13.8. The van der Waals surface area contributed by atoms with Crippen LogP contribution in [0.3, 0.4) is 0 Å². The summed E-state index contributed by atoms with van der Waals surface area (Å²) in [5.41, 5.74) is 1.11. The number of amides is 2. The lowest BCUT2D eigenvalue weighted by Crippen LogP contribution is -2.46. The molecule has 1 atom stereocenters. The number of carbonyl (C=O) groups excluding carboxylic acids is 2. The molecule has 0 saturated heterocycles. The van der Waals surface area contributed by atoms with Crippen LogP contribution in [0.1, 0.15) is 49.1 Å². The van der Waals surface area contributed by atoms with Gasteiger partial charge in [0.05, 0.1) is 13.0 Å². The standard InChI is InChI=1S/C27H29FN2O3S/c1-2-33-23-10-5-9-22(17-23)30(25(31)18-24-11-6-16-34-24)26(19-12-14-20(28)15-13-19)27(32)29-21-7-3-4-8-21/h5-6,9-17,21,26H,2-4,7-8,18H2,1H3,(H,29,32). The second kappa shape index (κ2) is 11.3. The van der Waals surface area contributed by atoms with Crippen molar-refractivity contribution in [2.24, 2.45) is 0 Å². The maximum Gasteiger partial charge on any atom is 0.248 e. The van der Waals surface area contributed by atoms with Crippen molar-refractivity contribution < 1.29 is 18.7 Å². The van der Waals surface area contributed by atoms with E-state index in [-0.39, 0.29) is 24.3 Å². The second-order valence-electron chi connectivity index (χ2n) is 8.39. The fourth-order valence-electron chi connectivity index (χ4n) is 4.39. The Morgan fingerprint density at radius 3 is 2.56 bits per heavy atom. The van der Waals surface area contributed by atoms with E-state index in [4.69, 9.17) is 4.74 Å². The Bertz CT molecular complexity index is 1100. The van der Waals surface area contributed by atoms with E-state index in [1.165, 1.54) is 28.4 Å². The quantitative estimate of drug-likeness (QED) is 0.430. The minimum Gasteiger partial charge on any atom is -0.494 e. The van der Waals surface area contributed by atoms with Gasteiger partial charge in [-0.05, 0) is 61.0 Å². The highest BCUT2D eigenvalue weighted by molar-refractivity contribution is 7.10. The average molecular weight is 481 g/mol. The van der Waals surface area contributed by atoms with Crippen LogP contribution in [0.2, 0.25) is 0 Å². The lowest BCUT2D eigenvalue weighted by Gasteiger charge is -2.32. The molecule has 2 amide bonds. The predicted molar refractivity (Wildman–Crippen MR) is 133 cm³/mol. The summed E-state index contributed by atoms with van der Waals surface area (Å²) in [6.07, 6.45) is 4.15. The van der Waals surface area contributed by atoms with Crippen molar-refractivity contribution in [1.29, 1.82) is 0 Å². The molecule has 2 aromatic carbocycles. The number of anilines is 1. The Balaban J connectivity index is 1.76. The van der Waals surface area contributed by atoms with Gasteiger partial charge in [-0.1, -0.05) is 37.1 Å². The molecule has 3 aromatic rings. The third-order valence-corrected chi connectivity index (χ3v) is 6.85. The molecular formula is C27H29FN2O3S. The first kappa shape index (κ1) is 24.0. The maximum absolute atomic E-state index is 13.8. The highest BCUT2D eigenvalue weighted by Gasteiger charge is 2.34. The van der Waals surface area contributed by atoms with Crippen LogP contribution in [-0.4, -0.2) is 24.5 Å². The highest BCUT2D eigenvalue weighted by Crippen LogP contribution is 2.32. The van der Waals surface area contributed by atoms with Gasteiger partial charge in [0.2, 0.25) is 11.8 Å². The van der Waals surface area contributed by atoms with E-state index in [1.54, 1.807) is 24.3 Å². The molecule has 0 aliphatic heterocycles. The van der Waals surface area contributed by atoms with E-state index >= 15 is 0 Å². The van der Waals surface area contributed by atoms with Crippen molar-refractivity contribution in [3.05, 3.63) is 82.3 Å². The van der Waals surface area contributed by atoms with Crippen molar-refractivity contribution in [3.8, 4) is 5.75 Å². The fraction of sp³-hybridized carbons (Fsp3) is 0.333. The number of nitrogens with zero attached hydrogens (tertiary/aromatic N) is 1. The van der Waals surface area contributed by atoms with E-state index < -0.39 is 11.9 Å². The smallest absolute Gasteiger partial charge is 0.248 e. The Morgan fingerprint density at radius 1 is 1.12 bits per heavy atom. The first-order chi connectivity index (χ1) is 16.5. The summed E-state index contributed by atoms with van der Waals surface area (Å²) in [5.74, 6) is -0.261. The third-order valence-electron chi connectivity index (χ3n) is 5.97. The molecule has 1 N–H and O–H groups in total. The molecule has 34 heavy (non-hydrogen) atoms. The van der Waals surface area contributed by atoms with Crippen LogP contribution in [0.4, 0.5) is 10.1 Å². The number of ether oxygens (including phenoxy) is 1. The van der Waals surface area contributed by atoms with Crippen molar-refractivity contribution in [2.75, 3.05) is 11.5 Å². The topological polar surface area (TPSA) is 58.6 Å². The summed E-state index contributed by atoms with van der Waals surface area (Å²) in [6.45, 7) is 2.37. The molecule has 1 aromatic heterocycles. The number of hydrogen-bond acceptors (Lipinski definition) is 4. The van der Waals surface area contributed by atoms with Gasteiger partial charge in [-0.25, -0.2) is 4.39 Å². The number of carbonyl (C=O) groups is 2. The lowest BCUT2D eigenvalue weighted by molar-refractivity contribution is -0.127. The molecule has 1 aliphatic carbocycles. The van der Waals surface area contributed by atoms with Crippen LogP contribution in [0, 0.1) is 5.82 Å². The second-order valence-corrected chi connectivity index (χ2v) is 9.43. The van der Waals surface area contributed by atoms with Gasteiger partial charge < -0.3 is 10.1 Å². The zero-order chi connectivity index (χ0) is 23.9. The number of hydrogen-bond donors (Lipinski definition) is 1. The molecule has 0 bridgehead atoms. The average Bonchev–Trinajstić information content (AvgIpc) is 3.53. The zero-order valence-electron chi connectivity index (χ0n) is 19.2. The molecule has 5 nitrogen and oxygen atoms in total. The summed E-state index contributed by atoms with van der Waals surface area (Å²) < 4.78 is 19.4. The normalized spacial score (nSPS) is 14.5. The van der Waals surface area contributed by atoms with Gasteiger partial charge in [0.15, 0.2) is 0 Å². The molecule has 178 valence electrons. The SMILES string of the molecule is CCOc1cccc(N(C(=O)Cc2cccs2)C(C(=O)NC2CCCC2)c2ccc(F)cc2)c1. The third kappa shape index (κ3) is 5.83. The Morgan fingerprint density at radius 2 is 1.88 bits per heavy atom. The molecule has 0 radical (unpaired) electrons. The summed E-state index contributed by atoms with van der Waals surface area (Å²) in [5, 5.41) is 5.06. The van der Waals surface area contributed by atoms with Crippen LogP contribution in [0.15, 0.2) is 66.0 Å². The van der Waals surface area contributed by atoms with Gasteiger partial charge in [-0.15, -0.1) is 11.3 Å². The Labute approximate surface area is 203 Å². The highest BCUT2D eigenvalue weighted by atomic mass is 32.1. The molecular weight excluding hydrogens is 451 g/mol. The fourth-order valence-corrected chi connectivity index (χ4v) is 5.08. The zero-order valence-corrected chi connectivity index (χ0v) is 20.0. The van der Waals surface area contributed by atoms with E-state index in [1.807, 2.05) is 36.6 Å². The number of thiophene rings is 1. The van der Waals surface area contributed by atoms with Gasteiger partial charge in [0.1, 0.15) is 17.6 Å². The van der Waals surface area contributed by atoms with Gasteiger partial charge >= 0.3 is 0 Å².